The lowest BCUT2D eigenvalue weighted by Crippen LogP contribution is -1.99. The van der Waals surface area contributed by atoms with Crippen LogP contribution in [0.3, 0.4) is 0 Å². The molecule has 17 heavy (non-hydrogen) atoms. The molecule has 0 aliphatic heterocycles. The van der Waals surface area contributed by atoms with Gasteiger partial charge in [0, 0.05) is 16.7 Å². The van der Waals surface area contributed by atoms with Crippen LogP contribution in [0.1, 0.15) is 15.4 Å². The Kier molecular flexibility index (Phi) is 2.53. The summed E-state index contributed by atoms with van der Waals surface area (Å²) < 4.78 is 5.53. The number of carbonyl (C=O) groups is 1. The van der Waals surface area contributed by atoms with E-state index in [1.807, 2.05) is 47.8 Å². The fraction of sp³-hybridized carbons (Fsp3) is 0.0714. The summed E-state index contributed by atoms with van der Waals surface area (Å²) >= 11 is 1.59. The molecule has 2 heterocycles. The minimum Gasteiger partial charge on any atom is -0.453 e. The van der Waals surface area contributed by atoms with Crippen molar-refractivity contribution in [2.24, 2.45) is 0 Å². The average molecular weight is 242 g/mol. The molecule has 1 aromatic carbocycles. The molecule has 0 aliphatic carbocycles. The Morgan fingerprint density at radius 1 is 1.18 bits per heavy atom. The summed E-state index contributed by atoms with van der Waals surface area (Å²) in [7, 11) is 0. The van der Waals surface area contributed by atoms with Crippen LogP contribution in [-0.4, -0.2) is 5.78 Å². The molecule has 3 aromatic rings. The van der Waals surface area contributed by atoms with E-state index in [4.69, 9.17) is 4.42 Å². The SMILES string of the molecule is O=C(Cc1cccs1)c1cc2ccccc2o1. The van der Waals surface area contributed by atoms with Gasteiger partial charge in [-0.2, -0.15) is 0 Å². The Morgan fingerprint density at radius 3 is 2.82 bits per heavy atom. The van der Waals surface area contributed by atoms with Crippen molar-refractivity contribution < 1.29 is 9.21 Å². The second-order valence-corrected chi connectivity index (χ2v) is 4.86. The van der Waals surface area contributed by atoms with Crippen LogP contribution in [0.2, 0.25) is 0 Å². The predicted molar refractivity (Wildman–Crippen MR) is 68.6 cm³/mol. The second-order valence-electron chi connectivity index (χ2n) is 3.83. The van der Waals surface area contributed by atoms with Crippen LogP contribution in [0, 0.1) is 0 Å². The number of fused-ring (bicyclic) bond motifs is 1. The Morgan fingerprint density at radius 2 is 2.06 bits per heavy atom. The van der Waals surface area contributed by atoms with Crippen LogP contribution in [0.4, 0.5) is 0 Å². The molecule has 0 saturated carbocycles. The van der Waals surface area contributed by atoms with E-state index in [9.17, 15) is 4.79 Å². The zero-order chi connectivity index (χ0) is 11.7. The van der Waals surface area contributed by atoms with Crippen molar-refractivity contribution in [3.8, 4) is 0 Å². The van der Waals surface area contributed by atoms with Crippen LogP contribution in [0.5, 0.6) is 0 Å². The molecular formula is C14H10O2S. The molecule has 3 rings (SSSR count). The third kappa shape index (κ3) is 2.01. The first kappa shape index (κ1) is 10.3. The smallest absolute Gasteiger partial charge is 0.203 e. The van der Waals surface area contributed by atoms with E-state index >= 15 is 0 Å². The Labute approximate surface area is 102 Å². The summed E-state index contributed by atoms with van der Waals surface area (Å²) in [6.07, 6.45) is 0.414. The number of carbonyl (C=O) groups excluding carboxylic acids is 1. The zero-order valence-electron chi connectivity index (χ0n) is 9.05. The topological polar surface area (TPSA) is 30.2 Å². The van der Waals surface area contributed by atoms with E-state index in [1.54, 1.807) is 11.3 Å². The molecule has 0 amide bonds. The lowest BCUT2D eigenvalue weighted by atomic mass is 10.2. The van der Waals surface area contributed by atoms with Crippen LogP contribution >= 0.6 is 11.3 Å². The van der Waals surface area contributed by atoms with Gasteiger partial charge in [0.15, 0.2) is 5.76 Å². The van der Waals surface area contributed by atoms with E-state index in [0.29, 0.717) is 12.2 Å². The first-order valence-corrected chi connectivity index (χ1v) is 6.25. The summed E-state index contributed by atoms with van der Waals surface area (Å²) in [4.78, 5) is 13.1. The lowest BCUT2D eigenvalue weighted by molar-refractivity contribution is 0.0969. The van der Waals surface area contributed by atoms with Crippen molar-refractivity contribution in [1.29, 1.82) is 0 Å². The molecule has 84 valence electrons. The number of para-hydroxylation sites is 1. The second kappa shape index (κ2) is 4.18. The first-order valence-electron chi connectivity index (χ1n) is 5.37. The van der Waals surface area contributed by atoms with Crippen LogP contribution < -0.4 is 0 Å². The van der Waals surface area contributed by atoms with Crippen molar-refractivity contribution in [3.05, 3.63) is 58.5 Å². The molecule has 0 bridgehead atoms. The third-order valence-electron chi connectivity index (χ3n) is 2.62. The summed E-state index contributed by atoms with van der Waals surface area (Å²) in [6, 6.07) is 13.4. The molecule has 3 heteroatoms. The van der Waals surface area contributed by atoms with Crippen LogP contribution in [0.25, 0.3) is 11.0 Å². The zero-order valence-corrected chi connectivity index (χ0v) is 9.87. The minimum atomic E-state index is 0.0312. The largest absolute Gasteiger partial charge is 0.453 e. The quantitative estimate of drug-likeness (QED) is 0.652. The Hall–Kier alpha value is -1.87. The van der Waals surface area contributed by atoms with E-state index < -0.39 is 0 Å². The van der Waals surface area contributed by atoms with Crippen molar-refractivity contribution in [3.63, 3.8) is 0 Å². The normalized spacial score (nSPS) is 10.8. The van der Waals surface area contributed by atoms with Gasteiger partial charge in [0.2, 0.25) is 5.78 Å². The molecule has 2 nitrogen and oxygen atoms in total. The number of Topliss-reactive ketones (excluding diaryl/α,β-unsaturated/α-hetero) is 1. The van der Waals surface area contributed by atoms with Gasteiger partial charge in [-0.15, -0.1) is 11.3 Å². The highest BCUT2D eigenvalue weighted by Gasteiger charge is 2.12. The van der Waals surface area contributed by atoms with Gasteiger partial charge in [-0.1, -0.05) is 24.3 Å². The van der Waals surface area contributed by atoms with Gasteiger partial charge >= 0.3 is 0 Å². The summed E-state index contributed by atoms with van der Waals surface area (Å²) in [5.74, 6) is 0.475. The average Bonchev–Trinajstić information content (AvgIpc) is 2.96. The molecule has 0 aliphatic rings. The fourth-order valence-electron chi connectivity index (χ4n) is 1.78. The molecule has 0 atom stereocenters. The molecule has 0 spiro atoms. The number of ketones is 1. The number of hydrogen-bond acceptors (Lipinski definition) is 3. The minimum absolute atomic E-state index is 0.0312. The van der Waals surface area contributed by atoms with Crippen molar-refractivity contribution in [2.75, 3.05) is 0 Å². The fourth-order valence-corrected chi connectivity index (χ4v) is 2.48. The Balaban J connectivity index is 1.90. The maximum absolute atomic E-state index is 12.0. The van der Waals surface area contributed by atoms with Crippen molar-refractivity contribution in [1.82, 2.24) is 0 Å². The van der Waals surface area contributed by atoms with E-state index in [1.165, 1.54) is 0 Å². The van der Waals surface area contributed by atoms with Gasteiger partial charge in [0.1, 0.15) is 5.58 Å². The van der Waals surface area contributed by atoms with Gasteiger partial charge in [-0.25, -0.2) is 0 Å². The number of rotatable bonds is 3. The molecule has 2 aromatic heterocycles. The van der Waals surface area contributed by atoms with Crippen LogP contribution in [-0.2, 0) is 6.42 Å². The van der Waals surface area contributed by atoms with Gasteiger partial charge in [-0.3, -0.25) is 4.79 Å². The summed E-state index contributed by atoms with van der Waals surface area (Å²) in [5.41, 5.74) is 0.766. The molecule has 0 fully saturated rings. The summed E-state index contributed by atoms with van der Waals surface area (Å²) in [6.45, 7) is 0. The third-order valence-corrected chi connectivity index (χ3v) is 3.49. The highest BCUT2D eigenvalue weighted by molar-refractivity contribution is 7.10. The van der Waals surface area contributed by atoms with Gasteiger partial charge in [-0.05, 0) is 23.6 Å². The van der Waals surface area contributed by atoms with Gasteiger partial charge in [0.25, 0.3) is 0 Å². The highest BCUT2D eigenvalue weighted by atomic mass is 32.1. The lowest BCUT2D eigenvalue weighted by Gasteiger charge is -1.93. The number of hydrogen-bond donors (Lipinski definition) is 0. The highest BCUT2D eigenvalue weighted by Crippen LogP contribution is 2.21. The maximum Gasteiger partial charge on any atom is 0.203 e. The first-order chi connectivity index (χ1) is 8.33. The predicted octanol–water partition coefficient (Wildman–Crippen LogP) is 3.92. The summed E-state index contributed by atoms with van der Waals surface area (Å²) in [5, 5.41) is 2.95. The standard InChI is InChI=1S/C14H10O2S/c15-12(9-11-5-3-7-17-11)14-8-10-4-1-2-6-13(10)16-14/h1-8H,9H2. The molecule has 0 saturated heterocycles. The van der Waals surface area contributed by atoms with Gasteiger partial charge in [0.05, 0.1) is 0 Å². The number of furan rings is 1. The van der Waals surface area contributed by atoms with Crippen molar-refractivity contribution >= 4 is 28.1 Å². The van der Waals surface area contributed by atoms with E-state index in [2.05, 4.69) is 0 Å². The maximum atomic E-state index is 12.0. The van der Waals surface area contributed by atoms with Crippen molar-refractivity contribution in [2.45, 2.75) is 6.42 Å². The molecule has 0 N–H and O–H groups in total. The van der Waals surface area contributed by atoms with E-state index in [-0.39, 0.29) is 5.78 Å². The van der Waals surface area contributed by atoms with Crippen LogP contribution in [0.15, 0.2) is 52.3 Å². The number of thiophene rings is 1. The molecule has 0 radical (unpaired) electrons. The Bertz CT molecular complexity index is 617. The monoisotopic (exact) mass is 242 g/mol. The van der Waals surface area contributed by atoms with Gasteiger partial charge < -0.3 is 4.42 Å². The van der Waals surface area contributed by atoms with E-state index in [0.717, 1.165) is 15.8 Å². The molecular weight excluding hydrogens is 232 g/mol. The molecule has 0 unspecified atom stereocenters. The number of benzene rings is 1.